The largest absolute Gasteiger partial charge is 0.330 e. The van der Waals surface area contributed by atoms with Gasteiger partial charge in [0.25, 0.3) is 0 Å². The van der Waals surface area contributed by atoms with Crippen LogP contribution in [0.1, 0.15) is 25.1 Å². The zero-order valence-corrected chi connectivity index (χ0v) is 11.6. The van der Waals surface area contributed by atoms with Crippen molar-refractivity contribution in [3.63, 3.8) is 0 Å². The molecule has 2 unspecified atom stereocenters. The van der Waals surface area contributed by atoms with E-state index in [0.717, 1.165) is 11.3 Å². The number of alkyl halides is 1. The van der Waals surface area contributed by atoms with Gasteiger partial charge in [-0.3, -0.25) is 4.68 Å². The van der Waals surface area contributed by atoms with Gasteiger partial charge in [-0.1, -0.05) is 25.4 Å². The highest BCUT2D eigenvalue weighted by atomic mass is 35.5. The Morgan fingerprint density at radius 2 is 2.06 bits per heavy atom. The summed E-state index contributed by atoms with van der Waals surface area (Å²) in [5, 5.41) is 4.70. The van der Waals surface area contributed by atoms with E-state index in [1.165, 1.54) is 0 Å². The van der Waals surface area contributed by atoms with Crippen LogP contribution in [0.3, 0.4) is 0 Å². The molecular weight excluding hydrogens is 241 g/mol. The molecule has 2 N–H and O–H groups in total. The van der Waals surface area contributed by atoms with Crippen molar-refractivity contribution in [3.05, 3.63) is 16.4 Å². The first-order chi connectivity index (χ1) is 7.88. The van der Waals surface area contributed by atoms with E-state index in [0.29, 0.717) is 18.1 Å². The number of nitrogens with two attached hydrogens (primary N) is 1. The zero-order valence-electron chi connectivity index (χ0n) is 10.9. The summed E-state index contributed by atoms with van der Waals surface area (Å²) >= 11 is 6.09. The van der Waals surface area contributed by atoms with E-state index in [2.05, 4.69) is 5.10 Å². The maximum absolute atomic E-state index is 14.2. The summed E-state index contributed by atoms with van der Waals surface area (Å²) in [6.45, 7) is 6.18. The first-order valence-electron chi connectivity index (χ1n) is 5.90. The van der Waals surface area contributed by atoms with Gasteiger partial charge in [-0.05, 0) is 19.4 Å². The van der Waals surface area contributed by atoms with E-state index in [9.17, 15) is 4.39 Å². The molecule has 0 fully saturated rings. The predicted molar refractivity (Wildman–Crippen MR) is 68.9 cm³/mol. The smallest absolute Gasteiger partial charge is 0.130 e. The SMILES string of the molecule is Cc1nn(C)c(Cl)c1CC(F)C(CN)C(C)C. The van der Waals surface area contributed by atoms with Gasteiger partial charge in [-0.25, -0.2) is 4.39 Å². The van der Waals surface area contributed by atoms with Crippen LogP contribution in [0.2, 0.25) is 5.15 Å². The molecule has 0 aliphatic rings. The summed E-state index contributed by atoms with van der Waals surface area (Å²) in [6.07, 6.45) is -0.682. The minimum atomic E-state index is -0.972. The summed E-state index contributed by atoms with van der Waals surface area (Å²) in [5.74, 6) is 0.0939. The van der Waals surface area contributed by atoms with Crippen molar-refractivity contribution < 1.29 is 4.39 Å². The Balaban J connectivity index is 2.83. The van der Waals surface area contributed by atoms with Crippen LogP contribution in [-0.4, -0.2) is 22.5 Å². The van der Waals surface area contributed by atoms with Crippen LogP contribution in [-0.2, 0) is 13.5 Å². The van der Waals surface area contributed by atoms with Crippen LogP contribution in [0.15, 0.2) is 0 Å². The van der Waals surface area contributed by atoms with Crippen LogP contribution in [0, 0.1) is 18.8 Å². The molecule has 98 valence electrons. The number of nitrogens with zero attached hydrogens (tertiary/aromatic N) is 2. The summed E-state index contributed by atoms with van der Waals surface area (Å²) in [5.41, 5.74) is 7.20. The Morgan fingerprint density at radius 1 is 1.47 bits per heavy atom. The summed E-state index contributed by atoms with van der Waals surface area (Å²) in [7, 11) is 1.76. The second kappa shape index (κ2) is 5.83. The van der Waals surface area contributed by atoms with Gasteiger partial charge < -0.3 is 5.73 Å². The van der Waals surface area contributed by atoms with Crippen LogP contribution in [0.25, 0.3) is 0 Å². The molecule has 1 heterocycles. The molecule has 1 aromatic heterocycles. The highest BCUT2D eigenvalue weighted by Crippen LogP contribution is 2.26. The lowest BCUT2D eigenvalue weighted by molar-refractivity contribution is 0.185. The van der Waals surface area contributed by atoms with E-state index in [-0.39, 0.29) is 11.8 Å². The second-order valence-corrected chi connectivity index (χ2v) is 5.20. The Bertz CT molecular complexity index is 376. The van der Waals surface area contributed by atoms with E-state index in [1.54, 1.807) is 11.7 Å². The van der Waals surface area contributed by atoms with Gasteiger partial charge in [-0.2, -0.15) is 5.10 Å². The number of aryl methyl sites for hydroxylation is 2. The Kier molecular flexibility index (Phi) is 4.95. The second-order valence-electron chi connectivity index (χ2n) is 4.84. The van der Waals surface area contributed by atoms with E-state index >= 15 is 0 Å². The molecule has 5 heteroatoms. The van der Waals surface area contributed by atoms with Crippen molar-refractivity contribution in [1.29, 1.82) is 0 Å². The minimum absolute atomic E-state index is 0.134. The molecule has 0 aliphatic carbocycles. The topological polar surface area (TPSA) is 43.8 Å². The molecule has 0 spiro atoms. The molecule has 1 rings (SSSR count). The number of hydrogen-bond acceptors (Lipinski definition) is 2. The number of hydrogen-bond donors (Lipinski definition) is 1. The lowest BCUT2D eigenvalue weighted by Crippen LogP contribution is -2.30. The highest BCUT2D eigenvalue weighted by Gasteiger charge is 2.25. The first kappa shape index (κ1) is 14.5. The highest BCUT2D eigenvalue weighted by molar-refractivity contribution is 6.30. The molecular formula is C12H21ClFN3. The number of halogens is 2. The molecule has 0 saturated heterocycles. The maximum atomic E-state index is 14.2. The minimum Gasteiger partial charge on any atom is -0.330 e. The molecule has 0 bridgehead atoms. The maximum Gasteiger partial charge on any atom is 0.130 e. The Labute approximate surface area is 107 Å². The van der Waals surface area contributed by atoms with Crippen molar-refractivity contribution in [2.24, 2.45) is 24.6 Å². The van der Waals surface area contributed by atoms with E-state index in [1.807, 2.05) is 20.8 Å². The summed E-state index contributed by atoms with van der Waals surface area (Å²) in [4.78, 5) is 0. The van der Waals surface area contributed by atoms with Crippen LogP contribution in [0.5, 0.6) is 0 Å². The van der Waals surface area contributed by atoms with Crippen LogP contribution < -0.4 is 5.73 Å². The van der Waals surface area contributed by atoms with Gasteiger partial charge >= 0.3 is 0 Å². The van der Waals surface area contributed by atoms with Crippen molar-refractivity contribution in [1.82, 2.24) is 9.78 Å². The fourth-order valence-corrected chi connectivity index (χ4v) is 2.34. The fraction of sp³-hybridized carbons (Fsp3) is 0.750. The quantitative estimate of drug-likeness (QED) is 0.885. The number of rotatable bonds is 5. The summed E-state index contributed by atoms with van der Waals surface area (Å²) in [6, 6.07) is 0. The first-order valence-corrected chi connectivity index (χ1v) is 6.28. The Morgan fingerprint density at radius 3 is 2.41 bits per heavy atom. The van der Waals surface area contributed by atoms with Crippen LogP contribution in [0.4, 0.5) is 4.39 Å². The molecule has 0 saturated carbocycles. The fourth-order valence-electron chi connectivity index (χ4n) is 2.09. The molecule has 17 heavy (non-hydrogen) atoms. The molecule has 0 aromatic carbocycles. The average Bonchev–Trinajstić information content (AvgIpc) is 2.45. The van der Waals surface area contributed by atoms with Gasteiger partial charge in [-0.15, -0.1) is 0 Å². The van der Waals surface area contributed by atoms with Gasteiger partial charge in [0.2, 0.25) is 0 Å². The molecule has 0 radical (unpaired) electrons. The van der Waals surface area contributed by atoms with E-state index in [4.69, 9.17) is 17.3 Å². The third-order valence-electron chi connectivity index (χ3n) is 3.26. The van der Waals surface area contributed by atoms with Gasteiger partial charge in [0, 0.05) is 24.9 Å². The van der Waals surface area contributed by atoms with Gasteiger partial charge in [0.05, 0.1) is 5.69 Å². The molecule has 2 atom stereocenters. The van der Waals surface area contributed by atoms with Crippen molar-refractivity contribution >= 4 is 11.6 Å². The zero-order chi connectivity index (χ0) is 13.2. The van der Waals surface area contributed by atoms with Crippen molar-refractivity contribution in [2.75, 3.05) is 6.54 Å². The lowest BCUT2D eigenvalue weighted by atomic mass is 9.88. The summed E-state index contributed by atoms with van der Waals surface area (Å²) < 4.78 is 15.8. The predicted octanol–water partition coefficient (Wildman–Crippen LogP) is 2.49. The Hall–Kier alpha value is -0.610. The van der Waals surface area contributed by atoms with Crippen LogP contribution >= 0.6 is 11.6 Å². The normalized spacial score (nSPS) is 15.3. The molecule has 3 nitrogen and oxygen atoms in total. The third-order valence-corrected chi connectivity index (χ3v) is 3.73. The van der Waals surface area contributed by atoms with Crippen molar-refractivity contribution in [2.45, 2.75) is 33.4 Å². The molecule has 1 aromatic rings. The standard InChI is InChI=1S/C12H21ClFN3/c1-7(2)10(6-15)11(14)5-9-8(3)16-17(4)12(9)13/h7,10-11H,5-6,15H2,1-4H3. The molecule has 0 aliphatic heterocycles. The lowest BCUT2D eigenvalue weighted by Gasteiger charge is -2.23. The third kappa shape index (κ3) is 3.19. The molecule has 0 amide bonds. The van der Waals surface area contributed by atoms with Crippen molar-refractivity contribution in [3.8, 4) is 0 Å². The van der Waals surface area contributed by atoms with E-state index < -0.39 is 6.17 Å². The van der Waals surface area contributed by atoms with Gasteiger partial charge in [0.15, 0.2) is 0 Å². The monoisotopic (exact) mass is 261 g/mol. The number of aromatic nitrogens is 2. The average molecular weight is 262 g/mol. The van der Waals surface area contributed by atoms with Gasteiger partial charge in [0.1, 0.15) is 11.3 Å².